The Morgan fingerprint density at radius 3 is 2.28 bits per heavy atom. The minimum atomic E-state index is -0.218. The van der Waals surface area contributed by atoms with Crippen LogP contribution in [0.2, 0.25) is 0 Å². The number of amides is 1. The van der Waals surface area contributed by atoms with E-state index in [-0.39, 0.29) is 18.3 Å². The van der Waals surface area contributed by atoms with Crippen molar-refractivity contribution in [3.63, 3.8) is 0 Å². The van der Waals surface area contributed by atoms with Gasteiger partial charge in [0.2, 0.25) is 0 Å². The highest BCUT2D eigenvalue weighted by Gasteiger charge is 2.21. The summed E-state index contributed by atoms with van der Waals surface area (Å²) >= 11 is 3.37. The Morgan fingerprint density at radius 1 is 1.00 bits per heavy atom. The first-order chi connectivity index (χ1) is 12.1. The van der Waals surface area contributed by atoms with Gasteiger partial charge in [0.25, 0.3) is 5.91 Å². The van der Waals surface area contributed by atoms with E-state index in [1.54, 1.807) is 12.1 Å². The molecule has 0 bridgehead atoms. The molecule has 6 heteroatoms. The van der Waals surface area contributed by atoms with Gasteiger partial charge in [-0.3, -0.25) is 9.69 Å². The third kappa shape index (κ3) is 5.28. The zero-order valence-electron chi connectivity index (χ0n) is 13.8. The highest BCUT2D eigenvalue weighted by molar-refractivity contribution is 9.10. The van der Waals surface area contributed by atoms with E-state index in [0.29, 0.717) is 18.8 Å². The molecule has 0 aliphatic carbocycles. The van der Waals surface area contributed by atoms with E-state index in [0.717, 1.165) is 29.7 Å². The lowest BCUT2D eigenvalue weighted by Crippen LogP contribution is -2.49. The molecule has 2 aromatic carbocycles. The molecule has 0 radical (unpaired) electrons. The Bertz CT molecular complexity index is 698. The Balaban J connectivity index is 1.42. The van der Waals surface area contributed by atoms with Gasteiger partial charge in [0, 0.05) is 37.2 Å². The first kappa shape index (κ1) is 17.9. The average molecular weight is 407 g/mol. The van der Waals surface area contributed by atoms with Crippen molar-refractivity contribution in [1.82, 2.24) is 9.80 Å². The predicted octanol–water partition coefficient (Wildman–Crippen LogP) is 3.31. The van der Waals surface area contributed by atoms with Crippen molar-refractivity contribution in [3.05, 3.63) is 64.4 Å². The third-order valence-corrected chi connectivity index (χ3v) is 4.75. The van der Waals surface area contributed by atoms with Crippen LogP contribution in [-0.2, 0) is 11.3 Å². The maximum atomic E-state index is 12.9. The topological polar surface area (TPSA) is 32.8 Å². The van der Waals surface area contributed by atoms with Crippen molar-refractivity contribution in [3.8, 4) is 5.75 Å². The molecular weight excluding hydrogens is 387 g/mol. The lowest BCUT2D eigenvalue weighted by molar-refractivity contribution is -0.135. The summed E-state index contributed by atoms with van der Waals surface area (Å²) in [4.78, 5) is 16.4. The summed E-state index contributed by atoms with van der Waals surface area (Å²) in [5.74, 6) is 0.473. The van der Waals surface area contributed by atoms with Crippen molar-refractivity contribution < 1.29 is 13.9 Å². The number of halogens is 2. The molecule has 4 nitrogen and oxygen atoms in total. The second kappa shape index (κ2) is 8.45. The molecule has 3 rings (SSSR count). The number of carbonyl (C=O) groups is 1. The van der Waals surface area contributed by atoms with E-state index in [4.69, 9.17) is 4.74 Å². The number of benzene rings is 2. The fourth-order valence-electron chi connectivity index (χ4n) is 2.77. The maximum Gasteiger partial charge on any atom is 0.260 e. The molecule has 0 N–H and O–H groups in total. The van der Waals surface area contributed by atoms with E-state index in [2.05, 4.69) is 20.8 Å². The van der Waals surface area contributed by atoms with E-state index >= 15 is 0 Å². The molecule has 1 aliphatic rings. The Morgan fingerprint density at radius 2 is 1.64 bits per heavy atom. The maximum absolute atomic E-state index is 12.9. The van der Waals surface area contributed by atoms with Gasteiger partial charge in [-0.2, -0.15) is 0 Å². The minimum Gasteiger partial charge on any atom is -0.484 e. The number of rotatable bonds is 5. The van der Waals surface area contributed by atoms with Crippen molar-refractivity contribution >= 4 is 21.8 Å². The fraction of sp³-hybridized carbons (Fsp3) is 0.316. The normalized spacial score (nSPS) is 15.2. The fourth-order valence-corrected chi connectivity index (χ4v) is 3.03. The monoisotopic (exact) mass is 406 g/mol. The van der Waals surface area contributed by atoms with Gasteiger partial charge in [-0.1, -0.05) is 28.1 Å². The van der Waals surface area contributed by atoms with Gasteiger partial charge in [-0.05, 0) is 42.0 Å². The summed E-state index contributed by atoms with van der Waals surface area (Å²) in [7, 11) is 0. The summed E-state index contributed by atoms with van der Waals surface area (Å²) in [6.07, 6.45) is 0. The second-order valence-electron chi connectivity index (χ2n) is 6.03. The Labute approximate surface area is 155 Å². The van der Waals surface area contributed by atoms with Crippen LogP contribution in [0, 0.1) is 5.82 Å². The standard InChI is InChI=1S/C19H20BrFN2O2/c20-16-3-7-18(8-4-16)25-14-19(24)23-11-9-22(10-12-23)13-15-1-5-17(21)6-2-15/h1-8H,9-14H2. The molecule has 2 aromatic rings. The number of ether oxygens (including phenoxy) is 1. The van der Waals surface area contributed by atoms with E-state index < -0.39 is 0 Å². The summed E-state index contributed by atoms with van der Waals surface area (Å²) in [5.41, 5.74) is 1.08. The molecule has 132 valence electrons. The van der Waals surface area contributed by atoms with Gasteiger partial charge in [-0.25, -0.2) is 4.39 Å². The van der Waals surface area contributed by atoms with Crippen LogP contribution in [-0.4, -0.2) is 48.5 Å². The first-order valence-electron chi connectivity index (χ1n) is 8.23. The van der Waals surface area contributed by atoms with Gasteiger partial charge in [0.05, 0.1) is 0 Å². The lowest BCUT2D eigenvalue weighted by Gasteiger charge is -2.34. The zero-order chi connectivity index (χ0) is 17.6. The lowest BCUT2D eigenvalue weighted by atomic mass is 10.2. The Kier molecular flexibility index (Phi) is 6.04. The van der Waals surface area contributed by atoms with Crippen LogP contribution >= 0.6 is 15.9 Å². The molecule has 0 atom stereocenters. The van der Waals surface area contributed by atoms with Gasteiger partial charge >= 0.3 is 0 Å². The molecular formula is C19H20BrFN2O2. The van der Waals surface area contributed by atoms with Gasteiger partial charge in [0.1, 0.15) is 11.6 Å². The number of piperazine rings is 1. The van der Waals surface area contributed by atoms with Crippen molar-refractivity contribution in [2.75, 3.05) is 32.8 Å². The molecule has 1 saturated heterocycles. The molecule has 0 saturated carbocycles. The van der Waals surface area contributed by atoms with Crippen molar-refractivity contribution in [2.45, 2.75) is 6.54 Å². The first-order valence-corrected chi connectivity index (χ1v) is 9.02. The summed E-state index contributed by atoms with van der Waals surface area (Å²) in [6.45, 7) is 3.81. The van der Waals surface area contributed by atoms with Crippen molar-refractivity contribution in [2.24, 2.45) is 0 Å². The van der Waals surface area contributed by atoms with Crippen LogP contribution in [0.25, 0.3) is 0 Å². The van der Waals surface area contributed by atoms with Gasteiger partial charge < -0.3 is 9.64 Å². The predicted molar refractivity (Wildman–Crippen MR) is 97.9 cm³/mol. The highest BCUT2D eigenvalue weighted by atomic mass is 79.9. The second-order valence-corrected chi connectivity index (χ2v) is 6.94. The van der Waals surface area contributed by atoms with Crippen LogP contribution in [0.5, 0.6) is 5.75 Å². The van der Waals surface area contributed by atoms with Crippen LogP contribution in [0.3, 0.4) is 0 Å². The highest BCUT2D eigenvalue weighted by Crippen LogP contribution is 2.16. The Hall–Kier alpha value is -1.92. The minimum absolute atomic E-state index is 0.00403. The summed E-state index contributed by atoms with van der Waals surface area (Å²) in [6, 6.07) is 14.0. The van der Waals surface area contributed by atoms with E-state index in [1.807, 2.05) is 29.2 Å². The van der Waals surface area contributed by atoms with Crippen LogP contribution in [0.15, 0.2) is 53.0 Å². The molecule has 0 unspecified atom stereocenters. The van der Waals surface area contributed by atoms with Crippen LogP contribution in [0.4, 0.5) is 4.39 Å². The largest absolute Gasteiger partial charge is 0.484 e. The SMILES string of the molecule is O=C(COc1ccc(Br)cc1)N1CCN(Cc2ccc(F)cc2)CC1. The number of hydrogen-bond donors (Lipinski definition) is 0. The smallest absolute Gasteiger partial charge is 0.260 e. The van der Waals surface area contributed by atoms with Crippen LogP contribution in [0.1, 0.15) is 5.56 Å². The van der Waals surface area contributed by atoms with Gasteiger partial charge in [0.15, 0.2) is 6.61 Å². The van der Waals surface area contributed by atoms with Crippen LogP contribution < -0.4 is 4.74 Å². The molecule has 25 heavy (non-hydrogen) atoms. The van der Waals surface area contributed by atoms with E-state index in [1.165, 1.54) is 12.1 Å². The summed E-state index contributed by atoms with van der Waals surface area (Å²) < 4.78 is 19.5. The molecule has 0 aromatic heterocycles. The molecule has 1 amide bonds. The van der Waals surface area contributed by atoms with E-state index in [9.17, 15) is 9.18 Å². The number of nitrogens with zero attached hydrogens (tertiary/aromatic N) is 2. The number of hydrogen-bond acceptors (Lipinski definition) is 3. The number of carbonyl (C=O) groups excluding carboxylic acids is 1. The quantitative estimate of drug-likeness (QED) is 0.763. The zero-order valence-corrected chi connectivity index (χ0v) is 15.4. The summed E-state index contributed by atoms with van der Waals surface area (Å²) in [5, 5.41) is 0. The molecule has 1 fully saturated rings. The van der Waals surface area contributed by atoms with Crippen molar-refractivity contribution in [1.29, 1.82) is 0 Å². The average Bonchev–Trinajstić information content (AvgIpc) is 2.63. The molecule has 1 aliphatic heterocycles. The third-order valence-electron chi connectivity index (χ3n) is 4.22. The molecule has 0 spiro atoms. The molecule has 1 heterocycles. The van der Waals surface area contributed by atoms with Gasteiger partial charge in [-0.15, -0.1) is 0 Å².